The number of benzene rings is 2. The maximum atomic E-state index is 10.9. The average molecular weight is 299 g/mol. The van der Waals surface area contributed by atoms with Crippen LogP contribution in [0.25, 0.3) is 0 Å². The summed E-state index contributed by atoms with van der Waals surface area (Å²) in [5, 5.41) is 8.93. The van der Waals surface area contributed by atoms with Crippen molar-refractivity contribution in [3.63, 3.8) is 0 Å². The fourth-order valence-electron chi connectivity index (χ4n) is 2.34. The number of methoxy groups -OCH3 is 1. The van der Waals surface area contributed by atoms with Gasteiger partial charge in [0.15, 0.2) is 0 Å². The third kappa shape index (κ3) is 5.22. The Morgan fingerprint density at radius 2 is 1.73 bits per heavy atom. The average Bonchev–Trinajstić information content (AvgIpc) is 2.54. The van der Waals surface area contributed by atoms with Crippen molar-refractivity contribution in [1.29, 1.82) is 0 Å². The van der Waals surface area contributed by atoms with Crippen LogP contribution in [0.1, 0.15) is 17.5 Å². The highest BCUT2D eigenvalue weighted by atomic mass is 16.5. The molecule has 0 spiro atoms. The Hall–Kier alpha value is -2.33. The molecule has 2 aromatic rings. The molecule has 22 heavy (non-hydrogen) atoms. The minimum Gasteiger partial charge on any atom is -0.497 e. The summed E-state index contributed by atoms with van der Waals surface area (Å²) in [4.78, 5) is 13.0. The second-order valence-electron chi connectivity index (χ2n) is 5.19. The van der Waals surface area contributed by atoms with Gasteiger partial charge >= 0.3 is 5.97 Å². The zero-order valence-electron chi connectivity index (χ0n) is 12.7. The Kier molecular flexibility index (Phi) is 5.98. The highest BCUT2D eigenvalue weighted by molar-refractivity contribution is 5.66. The lowest BCUT2D eigenvalue weighted by atomic mass is 10.1. The molecule has 0 aliphatic heterocycles. The number of carbonyl (C=O) groups is 1. The van der Waals surface area contributed by atoms with Gasteiger partial charge in [-0.25, -0.2) is 0 Å². The van der Waals surface area contributed by atoms with E-state index in [0.717, 1.165) is 17.9 Å². The molecule has 0 aliphatic carbocycles. The molecule has 2 aromatic carbocycles. The normalized spacial score (nSPS) is 10.6. The van der Waals surface area contributed by atoms with E-state index in [4.69, 9.17) is 9.84 Å². The zero-order valence-corrected chi connectivity index (χ0v) is 12.7. The van der Waals surface area contributed by atoms with Gasteiger partial charge in [-0.15, -0.1) is 0 Å². The summed E-state index contributed by atoms with van der Waals surface area (Å²) in [6.45, 7) is 1.94. The van der Waals surface area contributed by atoms with E-state index in [0.29, 0.717) is 13.1 Å². The van der Waals surface area contributed by atoms with Crippen LogP contribution in [-0.4, -0.2) is 29.6 Å². The van der Waals surface area contributed by atoms with Gasteiger partial charge in [-0.3, -0.25) is 9.69 Å². The van der Waals surface area contributed by atoms with E-state index in [-0.39, 0.29) is 6.42 Å². The van der Waals surface area contributed by atoms with Gasteiger partial charge in [0.2, 0.25) is 0 Å². The third-order valence-corrected chi connectivity index (χ3v) is 3.43. The second-order valence-corrected chi connectivity index (χ2v) is 5.19. The van der Waals surface area contributed by atoms with Crippen LogP contribution in [0.15, 0.2) is 54.6 Å². The summed E-state index contributed by atoms with van der Waals surface area (Å²) in [6.07, 6.45) is 0.136. The van der Waals surface area contributed by atoms with Crippen LogP contribution in [0.2, 0.25) is 0 Å². The predicted molar refractivity (Wildman–Crippen MR) is 85.8 cm³/mol. The summed E-state index contributed by atoms with van der Waals surface area (Å²) < 4.78 is 5.24. The van der Waals surface area contributed by atoms with Crippen LogP contribution in [0.4, 0.5) is 0 Å². The molecule has 0 aromatic heterocycles. The molecule has 0 saturated heterocycles. The minimum absolute atomic E-state index is 0.136. The summed E-state index contributed by atoms with van der Waals surface area (Å²) in [7, 11) is 1.64. The molecule has 2 rings (SSSR count). The van der Waals surface area contributed by atoms with Crippen molar-refractivity contribution in [3.05, 3.63) is 65.7 Å². The van der Waals surface area contributed by atoms with E-state index < -0.39 is 5.97 Å². The van der Waals surface area contributed by atoms with Gasteiger partial charge < -0.3 is 9.84 Å². The van der Waals surface area contributed by atoms with Crippen molar-refractivity contribution >= 4 is 5.97 Å². The summed E-state index contributed by atoms with van der Waals surface area (Å²) in [6, 6.07) is 18.0. The first kappa shape index (κ1) is 16.0. The lowest BCUT2D eigenvalue weighted by Crippen LogP contribution is -2.25. The van der Waals surface area contributed by atoms with Gasteiger partial charge in [-0.05, 0) is 23.3 Å². The SMILES string of the molecule is COc1cccc(CN(CCC(=O)O)Cc2ccccc2)c1. The molecular formula is C18H21NO3. The Morgan fingerprint density at radius 1 is 1.05 bits per heavy atom. The first-order valence-electron chi connectivity index (χ1n) is 7.28. The Labute approximate surface area is 131 Å². The number of rotatable bonds is 8. The third-order valence-electron chi connectivity index (χ3n) is 3.43. The highest BCUT2D eigenvalue weighted by Gasteiger charge is 2.10. The van der Waals surface area contributed by atoms with Gasteiger partial charge in [0.1, 0.15) is 5.75 Å². The molecule has 0 heterocycles. The van der Waals surface area contributed by atoms with E-state index in [2.05, 4.69) is 17.0 Å². The molecular weight excluding hydrogens is 278 g/mol. The molecule has 0 saturated carbocycles. The number of ether oxygens (including phenoxy) is 1. The summed E-state index contributed by atoms with van der Waals surface area (Å²) in [5.41, 5.74) is 2.29. The van der Waals surface area contributed by atoms with Crippen LogP contribution in [0.5, 0.6) is 5.75 Å². The zero-order chi connectivity index (χ0) is 15.8. The fourth-order valence-corrected chi connectivity index (χ4v) is 2.34. The van der Waals surface area contributed by atoms with Gasteiger partial charge in [-0.2, -0.15) is 0 Å². The van der Waals surface area contributed by atoms with Gasteiger partial charge in [-0.1, -0.05) is 42.5 Å². The topological polar surface area (TPSA) is 49.8 Å². The maximum Gasteiger partial charge on any atom is 0.304 e. The van der Waals surface area contributed by atoms with E-state index in [1.54, 1.807) is 7.11 Å². The number of hydrogen-bond acceptors (Lipinski definition) is 3. The standard InChI is InChI=1S/C18H21NO3/c1-22-17-9-5-8-16(12-17)14-19(11-10-18(20)21)13-15-6-3-2-4-7-15/h2-9,12H,10-11,13-14H2,1H3,(H,20,21). The molecule has 1 N–H and O–H groups in total. The molecule has 0 aliphatic rings. The van der Waals surface area contributed by atoms with Crippen molar-refractivity contribution in [1.82, 2.24) is 4.90 Å². The van der Waals surface area contributed by atoms with E-state index >= 15 is 0 Å². The number of carboxylic acids is 1. The van der Waals surface area contributed by atoms with Crippen molar-refractivity contribution in [2.75, 3.05) is 13.7 Å². The molecule has 0 unspecified atom stereocenters. The molecule has 0 bridgehead atoms. The number of hydrogen-bond donors (Lipinski definition) is 1. The van der Waals surface area contributed by atoms with E-state index in [9.17, 15) is 4.79 Å². The van der Waals surface area contributed by atoms with Gasteiger partial charge in [0, 0.05) is 19.6 Å². The second kappa shape index (κ2) is 8.20. The number of aliphatic carboxylic acids is 1. The molecule has 4 nitrogen and oxygen atoms in total. The Balaban J connectivity index is 2.07. The highest BCUT2D eigenvalue weighted by Crippen LogP contribution is 2.16. The summed E-state index contributed by atoms with van der Waals surface area (Å²) >= 11 is 0. The minimum atomic E-state index is -0.774. The van der Waals surface area contributed by atoms with Crippen LogP contribution >= 0.6 is 0 Å². The molecule has 4 heteroatoms. The molecule has 0 amide bonds. The molecule has 116 valence electrons. The van der Waals surface area contributed by atoms with Crippen LogP contribution in [0, 0.1) is 0 Å². The van der Waals surface area contributed by atoms with Crippen molar-refractivity contribution in [3.8, 4) is 5.75 Å². The van der Waals surface area contributed by atoms with Crippen LogP contribution in [-0.2, 0) is 17.9 Å². The summed E-state index contributed by atoms with van der Waals surface area (Å²) in [5.74, 6) is 0.0408. The number of nitrogens with zero attached hydrogens (tertiary/aromatic N) is 1. The van der Waals surface area contributed by atoms with Crippen molar-refractivity contribution < 1.29 is 14.6 Å². The Morgan fingerprint density at radius 3 is 2.41 bits per heavy atom. The van der Waals surface area contributed by atoms with Gasteiger partial charge in [0.05, 0.1) is 13.5 Å². The van der Waals surface area contributed by atoms with E-state index in [1.165, 1.54) is 5.56 Å². The monoisotopic (exact) mass is 299 g/mol. The van der Waals surface area contributed by atoms with Gasteiger partial charge in [0.25, 0.3) is 0 Å². The van der Waals surface area contributed by atoms with Crippen molar-refractivity contribution in [2.24, 2.45) is 0 Å². The first-order chi connectivity index (χ1) is 10.7. The van der Waals surface area contributed by atoms with E-state index in [1.807, 2.05) is 42.5 Å². The fraction of sp³-hybridized carbons (Fsp3) is 0.278. The van der Waals surface area contributed by atoms with Crippen LogP contribution < -0.4 is 4.74 Å². The van der Waals surface area contributed by atoms with Crippen LogP contribution in [0.3, 0.4) is 0 Å². The predicted octanol–water partition coefficient (Wildman–Crippen LogP) is 3.17. The Bertz CT molecular complexity index is 598. The smallest absolute Gasteiger partial charge is 0.304 e. The first-order valence-corrected chi connectivity index (χ1v) is 7.28. The number of carboxylic acid groups (broad SMARTS) is 1. The molecule has 0 radical (unpaired) electrons. The largest absolute Gasteiger partial charge is 0.497 e. The molecule has 0 fully saturated rings. The molecule has 0 atom stereocenters. The van der Waals surface area contributed by atoms with Crippen molar-refractivity contribution in [2.45, 2.75) is 19.5 Å². The maximum absolute atomic E-state index is 10.9. The lowest BCUT2D eigenvalue weighted by molar-refractivity contribution is -0.137. The quantitative estimate of drug-likeness (QED) is 0.813. The lowest BCUT2D eigenvalue weighted by Gasteiger charge is -2.22.